The Hall–Kier alpha value is -0.790. The van der Waals surface area contributed by atoms with E-state index in [4.69, 9.17) is 5.11 Å². The fourth-order valence-corrected chi connectivity index (χ4v) is 0.825. The molecule has 0 aromatic heterocycles. The minimum absolute atomic E-state index is 0.543. The van der Waals surface area contributed by atoms with Crippen LogP contribution in [0.1, 0.15) is 13.3 Å². The molecule has 1 aliphatic carbocycles. The van der Waals surface area contributed by atoms with Crippen LogP contribution in [0.4, 0.5) is 0 Å². The second-order valence-corrected chi connectivity index (χ2v) is 2.57. The van der Waals surface area contributed by atoms with Gasteiger partial charge in [0.2, 0.25) is 0 Å². The third-order valence-corrected chi connectivity index (χ3v) is 1.66. The van der Waals surface area contributed by atoms with Crippen molar-refractivity contribution in [3.63, 3.8) is 0 Å². The summed E-state index contributed by atoms with van der Waals surface area (Å²) < 4.78 is 0. The Morgan fingerprint density at radius 2 is 2.33 bits per heavy atom. The van der Waals surface area contributed by atoms with E-state index in [1.807, 2.05) is 0 Å². The average molecular weight is 126 g/mol. The van der Waals surface area contributed by atoms with Crippen LogP contribution in [0.25, 0.3) is 0 Å². The van der Waals surface area contributed by atoms with Gasteiger partial charge in [0.15, 0.2) is 0 Å². The molecule has 1 N–H and O–H groups in total. The summed E-state index contributed by atoms with van der Waals surface area (Å²) in [4.78, 5) is 9.95. The molecular formula is C7H10O2. The second kappa shape index (κ2) is 2.21. The highest BCUT2D eigenvalue weighted by Crippen LogP contribution is 2.38. The molecule has 2 nitrogen and oxygen atoms in total. The maximum atomic E-state index is 9.95. The monoisotopic (exact) mass is 126 g/mol. The number of hydrogen-bond donors (Lipinski definition) is 1. The van der Waals surface area contributed by atoms with Crippen molar-refractivity contribution in [3.8, 4) is 0 Å². The van der Waals surface area contributed by atoms with Crippen molar-refractivity contribution in [1.82, 2.24) is 0 Å². The maximum absolute atomic E-state index is 9.95. The van der Waals surface area contributed by atoms with Crippen molar-refractivity contribution >= 4 is 5.97 Å². The topological polar surface area (TPSA) is 37.3 Å². The van der Waals surface area contributed by atoms with Crippen LogP contribution in [-0.4, -0.2) is 11.1 Å². The van der Waals surface area contributed by atoms with Gasteiger partial charge in [-0.3, -0.25) is 0 Å². The molecule has 0 radical (unpaired) electrons. The van der Waals surface area contributed by atoms with Gasteiger partial charge in [0, 0.05) is 6.08 Å². The first kappa shape index (κ1) is 6.33. The summed E-state index contributed by atoms with van der Waals surface area (Å²) >= 11 is 0. The molecule has 1 aliphatic rings. The van der Waals surface area contributed by atoms with Crippen LogP contribution in [0.3, 0.4) is 0 Å². The third-order valence-electron chi connectivity index (χ3n) is 1.66. The summed E-state index contributed by atoms with van der Waals surface area (Å²) in [5.74, 6) is 0.413. The molecular weight excluding hydrogens is 116 g/mol. The summed E-state index contributed by atoms with van der Waals surface area (Å²) in [6, 6.07) is 0. The largest absolute Gasteiger partial charge is 0.478 e. The van der Waals surface area contributed by atoms with Gasteiger partial charge in [-0.2, -0.15) is 0 Å². The molecule has 2 atom stereocenters. The molecule has 0 spiro atoms. The van der Waals surface area contributed by atoms with Gasteiger partial charge in [0.1, 0.15) is 0 Å². The number of aliphatic carboxylic acids is 1. The normalized spacial score (nSPS) is 33.0. The van der Waals surface area contributed by atoms with E-state index in [9.17, 15) is 4.79 Å². The van der Waals surface area contributed by atoms with E-state index in [1.165, 1.54) is 6.08 Å². The molecule has 0 amide bonds. The molecule has 2 heteroatoms. The molecule has 0 aromatic carbocycles. The van der Waals surface area contributed by atoms with Crippen LogP contribution in [-0.2, 0) is 4.79 Å². The van der Waals surface area contributed by atoms with Gasteiger partial charge in [0.05, 0.1) is 0 Å². The summed E-state index contributed by atoms with van der Waals surface area (Å²) in [6.07, 6.45) is 4.16. The number of allylic oxidation sites excluding steroid dienone is 1. The van der Waals surface area contributed by atoms with Crippen LogP contribution in [0.2, 0.25) is 0 Å². The zero-order valence-corrected chi connectivity index (χ0v) is 5.37. The van der Waals surface area contributed by atoms with E-state index in [-0.39, 0.29) is 0 Å². The minimum atomic E-state index is -0.839. The third kappa shape index (κ3) is 1.88. The molecule has 1 fully saturated rings. The van der Waals surface area contributed by atoms with Crippen LogP contribution in [0.5, 0.6) is 0 Å². The lowest BCUT2D eigenvalue weighted by molar-refractivity contribution is -0.131. The molecule has 0 aliphatic heterocycles. The first-order chi connectivity index (χ1) is 4.20. The number of carbonyl (C=O) groups is 1. The lowest BCUT2D eigenvalue weighted by Crippen LogP contribution is -1.86. The predicted octanol–water partition coefficient (Wildman–Crippen LogP) is 1.28. The Kier molecular flexibility index (Phi) is 1.56. The summed E-state index contributed by atoms with van der Waals surface area (Å²) in [5, 5.41) is 8.19. The molecule has 1 rings (SSSR count). The van der Waals surface area contributed by atoms with Gasteiger partial charge in [-0.15, -0.1) is 0 Å². The van der Waals surface area contributed by atoms with Crippen LogP contribution >= 0.6 is 0 Å². The van der Waals surface area contributed by atoms with Crippen molar-refractivity contribution < 1.29 is 9.90 Å². The smallest absolute Gasteiger partial charge is 0.327 e. The van der Waals surface area contributed by atoms with Gasteiger partial charge in [-0.25, -0.2) is 4.79 Å². The number of rotatable bonds is 2. The first-order valence-corrected chi connectivity index (χ1v) is 3.11. The number of hydrogen-bond acceptors (Lipinski definition) is 1. The van der Waals surface area contributed by atoms with E-state index >= 15 is 0 Å². The highest BCUT2D eigenvalue weighted by Gasteiger charge is 2.29. The fourth-order valence-electron chi connectivity index (χ4n) is 0.825. The Bertz CT molecular complexity index is 149. The molecule has 0 aromatic rings. The standard InChI is InChI=1S/C7H10O2/c1-5-4-6(5)2-3-7(8)9/h2-3,5-6H,4H2,1H3,(H,8,9). The molecule has 50 valence electrons. The van der Waals surface area contributed by atoms with Crippen molar-refractivity contribution in [2.45, 2.75) is 13.3 Å². The molecule has 0 heterocycles. The summed E-state index contributed by atoms with van der Waals surface area (Å²) in [6.45, 7) is 2.12. The molecule has 1 saturated carbocycles. The lowest BCUT2D eigenvalue weighted by Gasteiger charge is -1.79. The molecule has 0 saturated heterocycles. The van der Waals surface area contributed by atoms with E-state index in [0.29, 0.717) is 11.8 Å². The van der Waals surface area contributed by atoms with Gasteiger partial charge in [-0.05, 0) is 18.3 Å². The van der Waals surface area contributed by atoms with Crippen molar-refractivity contribution in [2.24, 2.45) is 11.8 Å². The van der Waals surface area contributed by atoms with E-state index in [2.05, 4.69) is 6.92 Å². The first-order valence-electron chi connectivity index (χ1n) is 3.11. The van der Waals surface area contributed by atoms with Crippen molar-refractivity contribution in [2.75, 3.05) is 0 Å². The maximum Gasteiger partial charge on any atom is 0.327 e. The van der Waals surface area contributed by atoms with Crippen molar-refractivity contribution in [3.05, 3.63) is 12.2 Å². The number of carboxylic acids is 1. The lowest BCUT2D eigenvalue weighted by atomic mass is 10.3. The van der Waals surface area contributed by atoms with Gasteiger partial charge < -0.3 is 5.11 Å². The SMILES string of the molecule is CC1CC1C=CC(=O)O. The average Bonchev–Trinajstić information content (AvgIpc) is 2.42. The van der Waals surface area contributed by atoms with Crippen LogP contribution < -0.4 is 0 Å². The van der Waals surface area contributed by atoms with E-state index < -0.39 is 5.97 Å². The van der Waals surface area contributed by atoms with Crippen molar-refractivity contribution in [1.29, 1.82) is 0 Å². The molecule has 9 heavy (non-hydrogen) atoms. The van der Waals surface area contributed by atoms with Crippen LogP contribution in [0, 0.1) is 11.8 Å². The Balaban J connectivity index is 2.25. The molecule has 0 bridgehead atoms. The zero-order valence-electron chi connectivity index (χ0n) is 5.37. The van der Waals surface area contributed by atoms with Gasteiger partial charge in [0.25, 0.3) is 0 Å². The summed E-state index contributed by atoms with van der Waals surface area (Å²) in [7, 11) is 0. The zero-order chi connectivity index (χ0) is 6.85. The van der Waals surface area contributed by atoms with Gasteiger partial charge in [-0.1, -0.05) is 13.0 Å². The Morgan fingerprint density at radius 3 is 2.67 bits per heavy atom. The second-order valence-electron chi connectivity index (χ2n) is 2.57. The Morgan fingerprint density at radius 1 is 1.78 bits per heavy atom. The highest BCUT2D eigenvalue weighted by molar-refractivity contribution is 5.79. The van der Waals surface area contributed by atoms with Gasteiger partial charge >= 0.3 is 5.97 Å². The van der Waals surface area contributed by atoms with Crippen LogP contribution in [0.15, 0.2) is 12.2 Å². The minimum Gasteiger partial charge on any atom is -0.478 e. The highest BCUT2D eigenvalue weighted by atomic mass is 16.4. The number of carboxylic acid groups (broad SMARTS) is 1. The quantitative estimate of drug-likeness (QED) is 0.566. The Labute approximate surface area is 54.2 Å². The molecule has 2 unspecified atom stereocenters. The van der Waals surface area contributed by atoms with E-state index in [1.54, 1.807) is 6.08 Å². The summed E-state index contributed by atoms with van der Waals surface area (Å²) in [5.41, 5.74) is 0. The fraction of sp³-hybridized carbons (Fsp3) is 0.571. The predicted molar refractivity (Wildman–Crippen MR) is 34.0 cm³/mol. The van der Waals surface area contributed by atoms with E-state index in [0.717, 1.165) is 6.42 Å².